The molecule has 0 bridgehead atoms. The largest absolute Gasteiger partial charge is 0.353 e. The van der Waals surface area contributed by atoms with Crippen LogP contribution in [0.3, 0.4) is 0 Å². The topological polar surface area (TPSA) is 81.3 Å². The number of amides is 3. The molecule has 8 heteroatoms. The van der Waals surface area contributed by atoms with Crippen LogP contribution in [0.4, 0.5) is 4.79 Å². The van der Waals surface area contributed by atoms with Crippen molar-refractivity contribution < 1.29 is 9.59 Å². The number of hydrogen-bond acceptors (Lipinski definition) is 4. The number of rotatable bonds is 6. The van der Waals surface area contributed by atoms with Crippen molar-refractivity contribution >= 4 is 33.5 Å². The number of pyridine rings is 1. The number of thiophene rings is 1. The normalized spacial score (nSPS) is 19.5. The standard InChI is InChI=1S/C27H35N5O2S/c1-18(15-30-26(34)32-13-8-20(17-32)19-6-9-28-10-7-19)22-16-29-24-21(22)14-23(35-24)27(2,3)25(33)31-11-4-5-12-31/h6-7,9-10,14,16,18,20,29H,4-5,8,11-13,15,17H2,1-3H3,(H,30,34). The molecule has 0 radical (unpaired) electrons. The zero-order valence-corrected chi connectivity index (χ0v) is 21.7. The van der Waals surface area contributed by atoms with Gasteiger partial charge >= 0.3 is 6.03 Å². The number of likely N-dealkylation sites (tertiary alicyclic amines) is 2. The van der Waals surface area contributed by atoms with E-state index in [1.165, 1.54) is 11.1 Å². The van der Waals surface area contributed by atoms with E-state index >= 15 is 0 Å². The number of urea groups is 1. The molecule has 2 aliphatic rings. The minimum atomic E-state index is -0.537. The van der Waals surface area contributed by atoms with Crippen LogP contribution in [0.5, 0.6) is 0 Å². The molecule has 0 spiro atoms. The minimum Gasteiger partial charge on any atom is -0.353 e. The molecular weight excluding hydrogens is 458 g/mol. The molecule has 0 aliphatic carbocycles. The molecule has 2 saturated heterocycles. The predicted octanol–water partition coefficient (Wildman–Crippen LogP) is 4.83. The number of carbonyl (C=O) groups excluding carboxylic acids is 2. The maximum atomic E-state index is 13.2. The Bertz CT molecular complexity index is 1190. The first-order valence-corrected chi connectivity index (χ1v) is 13.5. The van der Waals surface area contributed by atoms with E-state index in [9.17, 15) is 9.59 Å². The lowest BCUT2D eigenvalue weighted by Gasteiger charge is -2.28. The lowest BCUT2D eigenvalue weighted by Crippen LogP contribution is -2.41. The van der Waals surface area contributed by atoms with Gasteiger partial charge in [-0.1, -0.05) is 6.92 Å². The van der Waals surface area contributed by atoms with Gasteiger partial charge in [0.2, 0.25) is 5.91 Å². The fourth-order valence-electron chi connectivity index (χ4n) is 5.38. The molecule has 2 fully saturated rings. The maximum Gasteiger partial charge on any atom is 0.317 e. The summed E-state index contributed by atoms with van der Waals surface area (Å²) in [5, 5.41) is 4.31. The number of aromatic amines is 1. The molecule has 3 amide bonds. The molecule has 3 aromatic heterocycles. The Kier molecular flexibility index (Phi) is 6.57. The third-order valence-corrected chi connectivity index (χ3v) is 9.08. The van der Waals surface area contributed by atoms with E-state index in [1.54, 1.807) is 11.3 Å². The van der Waals surface area contributed by atoms with Crippen LogP contribution in [-0.2, 0) is 10.2 Å². The number of H-pyrrole nitrogens is 1. The highest BCUT2D eigenvalue weighted by Crippen LogP contribution is 2.39. The third-order valence-electron chi connectivity index (χ3n) is 7.69. The van der Waals surface area contributed by atoms with E-state index in [0.717, 1.165) is 60.5 Å². The number of fused-ring (bicyclic) bond motifs is 1. The second-order valence-corrected chi connectivity index (χ2v) is 11.6. The van der Waals surface area contributed by atoms with Crippen molar-refractivity contribution in [2.24, 2.45) is 0 Å². The lowest BCUT2D eigenvalue weighted by molar-refractivity contribution is -0.135. The molecule has 3 aromatic rings. The average molecular weight is 494 g/mol. The van der Waals surface area contributed by atoms with Crippen molar-refractivity contribution in [3.63, 3.8) is 0 Å². The van der Waals surface area contributed by atoms with Crippen LogP contribution in [0.15, 0.2) is 36.8 Å². The van der Waals surface area contributed by atoms with Crippen LogP contribution in [0.2, 0.25) is 0 Å². The molecule has 7 nitrogen and oxygen atoms in total. The molecule has 35 heavy (non-hydrogen) atoms. The summed E-state index contributed by atoms with van der Waals surface area (Å²) >= 11 is 1.67. The van der Waals surface area contributed by atoms with Gasteiger partial charge in [-0.05, 0) is 62.4 Å². The highest BCUT2D eigenvalue weighted by Gasteiger charge is 2.37. The number of hydrogen-bond donors (Lipinski definition) is 2. The maximum absolute atomic E-state index is 13.2. The van der Waals surface area contributed by atoms with Gasteiger partial charge in [-0.2, -0.15) is 0 Å². The summed E-state index contributed by atoms with van der Waals surface area (Å²) in [6, 6.07) is 6.27. The van der Waals surface area contributed by atoms with Gasteiger partial charge in [-0.3, -0.25) is 9.78 Å². The zero-order chi connectivity index (χ0) is 24.6. The van der Waals surface area contributed by atoms with E-state index in [4.69, 9.17) is 0 Å². The summed E-state index contributed by atoms with van der Waals surface area (Å²) in [5.41, 5.74) is 1.89. The van der Waals surface area contributed by atoms with Crippen molar-refractivity contribution in [1.82, 2.24) is 25.1 Å². The fourth-order valence-corrected chi connectivity index (χ4v) is 6.53. The average Bonchev–Trinajstić information content (AvgIpc) is 3.66. The SMILES string of the molecule is CC(CNC(=O)N1CCC(c2ccncc2)C1)c1c[nH]c2sc(C(C)(C)C(=O)N3CCCC3)cc12. The first-order valence-electron chi connectivity index (χ1n) is 12.7. The molecule has 186 valence electrons. The van der Waals surface area contributed by atoms with Gasteiger partial charge in [0.15, 0.2) is 0 Å². The smallest absolute Gasteiger partial charge is 0.317 e. The lowest BCUT2D eigenvalue weighted by atomic mass is 9.89. The monoisotopic (exact) mass is 493 g/mol. The van der Waals surface area contributed by atoms with Gasteiger partial charge in [0.25, 0.3) is 0 Å². The Morgan fingerprint density at radius 1 is 1.20 bits per heavy atom. The van der Waals surface area contributed by atoms with E-state index in [0.29, 0.717) is 12.5 Å². The van der Waals surface area contributed by atoms with Crippen LogP contribution >= 0.6 is 11.3 Å². The Hall–Kier alpha value is -2.87. The second kappa shape index (κ2) is 9.64. The fraction of sp³-hybridized carbons (Fsp3) is 0.519. The van der Waals surface area contributed by atoms with Gasteiger partial charge in [0.05, 0.1) is 5.41 Å². The minimum absolute atomic E-state index is 0.00327. The van der Waals surface area contributed by atoms with Gasteiger partial charge in [-0.25, -0.2) is 4.79 Å². The quantitative estimate of drug-likeness (QED) is 0.516. The third kappa shape index (κ3) is 4.68. The summed E-state index contributed by atoms with van der Waals surface area (Å²) in [4.78, 5) is 39.6. The summed E-state index contributed by atoms with van der Waals surface area (Å²) in [6.07, 6.45) is 8.86. The number of carbonyl (C=O) groups is 2. The van der Waals surface area contributed by atoms with E-state index < -0.39 is 5.41 Å². The van der Waals surface area contributed by atoms with Gasteiger partial charge < -0.3 is 20.1 Å². The molecule has 0 aromatic carbocycles. The summed E-state index contributed by atoms with van der Waals surface area (Å²) in [5.74, 6) is 0.754. The summed E-state index contributed by atoms with van der Waals surface area (Å²) < 4.78 is 0. The summed E-state index contributed by atoms with van der Waals surface area (Å²) in [6.45, 7) is 10.0. The van der Waals surface area contributed by atoms with Crippen LogP contribution in [0.25, 0.3) is 10.2 Å². The molecule has 2 aliphatic heterocycles. The number of nitrogens with one attached hydrogen (secondary N) is 2. The van der Waals surface area contributed by atoms with Gasteiger partial charge in [-0.15, -0.1) is 11.3 Å². The van der Waals surface area contributed by atoms with E-state index in [1.807, 2.05) is 54.4 Å². The number of nitrogens with zero attached hydrogens (tertiary/aromatic N) is 3. The van der Waals surface area contributed by atoms with Crippen LogP contribution in [0.1, 0.15) is 67.9 Å². The summed E-state index contributed by atoms with van der Waals surface area (Å²) in [7, 11) is 0. The Balaban J connectivity index is 1.22. The second-order valence-electron chi connectivity index (χ2n) is 10.5. The molecule has 5 heterocycles. The Morgan fingerprint density at radius 2 is 1.94 bits per heavy atom. The van der Waals surface area contributed by atoms with Gasteiger partial charge in [0, 0.05) is 73.4 Å². The molecule has 2 atom stereocenters. The van der Waals surface area contributed by atoms with Crippen LogP contribution < -0.4 is 5.32 Å². The van der Waals surface area contributed by atoms with Crippen LogP contribution in [-0.4, -0.2) is 64.4 Å². The molecule has 2 N–H and O–H groups in total. The zero-order valence-electron chi connectivity index (χ0n) is 20.8. The van der Waals surface area contributed by atoms with E-state index in [-0.39, 0.29) is 17.9 Å². The van der Waals surface area contributed by atoms with Crippen LogP contribution in [0, 0.1) is 0 Å². The number of aromatic nitrogens is 2. The van der Waals surface area contributed by atoms with Crippen molar-refractivity contribution in [2.75, 3.05) is 32.7 Å². The highest BCUT2D eigenvalue weighted by molar-refractivity contribution is 7.19. The van der Waals surface area contributed by atoms with Crippen molar-refractivity contribution in [3.8, 4) is 0 Å². The predicted molar refractivity (Wildman–Crippen MR) is 140 cm³/mol. The Labute approximate surface area is 210 Å². The Morgan fingerprint density at radius 3 is 2.69 bits per heavy atom. The molecular formula is C27H35N5O2S. The molecule has 2 unspecified atom stereocenters. The molecule has 5 rings (SSSR count). The highest BCUT2D eigenvalue weighted by atomic mass is 32.1. The van der Waals surface area contributed by atoms with Crippen molar-refractivity contribution in [3.05, 3.63) is 52.8 Å². The van der Waals surface area contributed by atoms with E-state index in [2.05, 4.69) is 28.3 Å². The van der Waals surface area contributed by atoms with Crippen molar-refractivity contribution in [2.45, 2.75) is 57.3 Å². The first-order chi connectivity index (χ1) is 16.8. The first kappa shape index (κ1) is 23.9. The molecule has 0 saturated carbocycles. The van der Waals surface area contributed by atoms with Gasteiger partial charge in [0.1, 0.15) is 4.83 Å². The van der Waals surface area contributed by atoms with Crippen molar-refractivity contribution in [1.29, 1.82) is 0 Å².